The zero-order valence-electron chi connectivity index (χ0n) is 14.1. The molecule has 1 aliphatic heterocycles. The minimum absolute atomic E-state index is 0.0417. The maximum absolute atomic E-state index is 10.5. The molecule has 1 aromatic heterocycles. The van der Waals surface area contributed by atoms with Crippen molar-refractivity contribution < 1.29 is 9.53 Å². The average molecular weight is 372 g/mol. The van der Waals surface area contributed by atoms with E-state index < -0.39 is 0 Å². The molecule has 2 fully saturated rings. The standard InChI is InChI=1S/C11H14BrN3O.C5H12O/c1-8-2-10(12)13-15(8)9-3-11(4-9)5-14(6-11)7-16;1-5(2,3)6-4/h2,7,9H,3-6H2,1H3;1-4H3. The van der Waals surface area contributed by atoms with Crippen LogP contribution in [0.4, 0.5) is 0 Å². The Bertz CT molecular complexity index is 522. The van der Waals surface area contributed by atoms with Crippen LogP contribution in [0.3, 0.4) is 0 Å². The number of carbonyl (C=O) groups excluding carboxylic acids is 1. The first-order valence-corrected chi connectivity index (χ1v) is 8.43. The normalized spacial score (nSPS) is 20.0. The third-order valence-corrected chi connectivity index (χ3v) is 4.80. The van der Waals surface area contributed by atoms with Gasteiger partial charge in [-0.05, 0) is 62.5 Å². The second-order valence-electron chi connectivity index (χ2n) is 7.44. The van der Waals surface area contributed by atoms with Crippen molar-refractivity contribution in [1.82, 2.24) is 14.7 Å². The summed E-state index contributed by atoms with van der Waals surface area (Å²) >= 11 is 3.40. The van der Waals surface area contributed by atoms with Crippen molar-refractivity contribution >= 4 is 22.3 Å². The largest absolute Gasteiger partial charge is 0.379 e. The molecule has 1 saturated heterocycles. The minimum atomic E-state index is 0.0417. The van der Waals surface area contributed by atoms with E-state index in [1.165, 1.54) is 5.69 Å². The van der Waals surface area contributed by atoms with Gasteiger partial charge in [0.15, 0.2) is 0 Å². The third-order valence-electron chi connectivity index (χ3n) is 4.41. The number of hydrogen-bond donors (Lipinski definition) is 0. The molecular weight excluding hydrogens is 346 g/mol. The Hall–Kier alpha value is -0.880. The second kappa shape index (κ2) is 6.32. The number of aromatic nitrogens is 2. The maximum Gasteiger partial charge on any atom is 0.209 e. The fraction of sp³-hybridized carbons (Fsp3) is 0.750. The number of ether oxygens (including phenoxy) is 1. The summed E-state index contributed by atoms with van der Waals surface area (Å²) in [6.45, 7) is 10.0. The van der Waals surface area contributed by atoms with E-state index in [-0.39, 0.29) is 5.60 Å². The van der Waals surface area contributed by atoms with Crippen molar-refractivity contribution in [2.24, 2.45) is 5.41 Å². The van der Waals surface area contributed by atoms with Crippen LogP contribution in [0.2, 0.25) is 0 Å². The lowest BCUT2D eigenvalue weighted by molar-refractivity contribution is -0.140. The van der Waals surface area contributed by atoms with Crippen molar-refractivity contribution in [3.8, 4) is 0 Å². The Balaban J connectivity index is 0.000000254. The highest BCUT2D eigenvalue weighted by Crippen LogP contribution is 2.53. The van der Waals surface area contributed by atoms with Crippen LogP contribution in [-0.4, -0.2) is 46.9 Å². The number of rotatable bonds is 2. The molecule has 1 aromatic rings. The monoisotopic (exact) mass is 371 g/mol. The van der Waals surface area contributed by atoms with Gasteiger partial charge < -0.3 is 9.64 Å². The summed E-state index contributed by atoms with van der Waals surface area (Å²) in [6.07, 6.45) is 3.27. The van der Waals surface area contributed by atoms with Crippen molar-refractivity contribution in [3.05, 3.63) is 16.4 Å². The van der Waals surface area contributed by atoms with Gasteiger partial charge in [0.05, 0.1) is 11.6 Å². The molecule has 0 aromatic carbocycles. The lowest BCUT2D eigenvalue weighted by Crippen LogP contribution is -2.61. The summed E-state index contributed by atoms with van der Waals surface area (Å²) in [6, 6.07) is 2.57. The van der Waals surface area contributed by atoms with E-state index in [1.807, 2.05) is 31.7 Å². The number of amides is 1. The number of aryl methyl sites for hydroxylation is 1. The molecular formula is C16H26BrN3O2. The van der Waals surface area contributed by atoms with Crippen LogP contribution in [-0.2, 0) is 9.53 Å². The van der Waals surface area contributed by atoms with Gasteiger partial charge in [-0.25, -0.2) is 0 Å². The van der Waals surface area contributed by atoms with Crippen LogP contribution < -0.4 is 0 Å². The fourth-order valence-electron chi connectivity index (χ4n) is 3.08. The molecule has 1 amide bonds. The summed E-state index contributed by atoms with van der Waals surface area (Å²) in [7, 11) is 1.71. The minimum Gasteiger partial charge on any atom is -0.379 e. The molecule has 1 saturated carbocycles. The van der Waals surface area contributed by atoms with Crippen molar-refractivity contribution in [3.63, 3.8) is 0 Å². The van der Waals surface area contributed by atoms with Crippen molar-refractivity contribution in [2.75, 3.05) is 20.2 Å². The van der Waals surface area contributed by atoms with Crippen LogP contribution in [0.5, 0.6) is 0 Å². The third kappa shape index (κ3) is 3.90. The molecule has 2 heterocycles. The van der Waals surface area contributed by atoms with Gasteiger partial charge in [0.2, 0.25) is 6.41 Å². The van der Waals surface area contributed by atoms with Gasteiger partial charge in [0.1, 0.15) is 4.60 Å². The predicted octanol–water partition coefficient (Wildman–Crippen LogP) is 3.18. The molecule has 1 spiro atoms. The Morgan fingerprint density at radius 2 is 1.95 bits per heavy atom. The Morgan fingerprint density at radius 1 is 1.41 bits per heavy atom. The van der Waals surface area contributed by atoms with Crippen LogP contribution in [0.15, 0.2) is 10.7 Å². The Kier molecular flexibility index (Phi) is 5.02. The maximum atomic E-state index is 10.5. The van der Waals surface area contributed by atoms with Crippen LogP contribution >= 0.6 is 15.9 Å². The molecule has 2 aliphatic rings. The molecule has 124 valence electrons. The molecule has 3 rings (SSSR count). The van der Waals surface area contributed by atoms with E-state index in [9.17, 15) is 4.79 Å². The lowest BCUT2D eigenvalue weighted by Gasteiger charge is -2.58. The first kappa shape index (κ1) is 17.5. The van der Waals surface area contributed by atoms with Crippen LogP contribution in [0, 0.1) is 12.3 Å². The van der Waals surface area contributed by atoms with Gasteiger partial charge in [-0.3, -0.25) is 9.48 Å². The Labute approximate surface area is 141 Å². The first-order chi connectivity index (χ1) is 10.2. The smallest absolute Gasteiger partial charge is 0.209 e. The van der Waals surface area contributed by atoms with Gasteiger partial charge in [0.25, 0.3) is 0 Å². The number of methoxy groups -OCH3 is 1. The molecule has 0 atom stereocenters. The zero-order chi connectivity index (χ0) is 16.5. The van der Waals surface area contributed by atoms with E-state index in [0.29, 0.717) is 11.5 Å². The van der Waals surface area contributed by atoms with Crippen LogP contribution in [0.1, 0.15) is 45.3 Å². The van der Waals surface area contributed by atoms with Crippen molar-refractivity contribution in [1.29, 1.82) is 0 Å². The highest BCUT2D eigenvalue weighted by molar-refractivity contribution is 9.10. The zero-order valence-corrected chi connectivity index (χ0v) is 15.7. The van der Waals surface area contributed by atoms with E-state index in [0.717, 1.165) is 36.9 Å². The highest BCUT2D eigenvalue weighted by atomic mass is 79.9. The molecule has 0 N–H and O–H groups in total. The van der Waals surface area contributed by atoms with Gasteiger partial charge in [-0.15, -0.1) is 0 Å². The summed E-state index contributed by atoms with van der Waals surface area (Å²) < 4.78 is 7.96. The molecule has 1 aliphatic carbocycles. The lowest BCUT2D eigenvalue weighted by atomic mass is 9.61. The molecule has 22 heavy (non-hydrogen) atoms. The highest BCUT2D eigenvalue weighted by Gasteiger charge is 2.53. The second-order valence-corrected chi connectivity index (χ2v) is 8.25. The summed E-state index contributed by atoms with van der Waals surface area (Å²) in [5, 5.41) is 4.45. The molecule has 5 nitrogen and oxygen atoms in total. The molecule has 0 bridgehead atoms. The summed E-state index contributed by atoms with van der Waals surface area (Å²) in [4.78, 5) is 12.4. The van der Waals surface area contributed by atoms with Crippen molar-refractivity contribution in [2.45, 2.75) is 52.2 Å². The van der Waals surface area contributed by atoms with E-state index in [1.54, 1.807) is 7.11 Å². The first-order valence-electron chi connectivity index (χ1n) is 7.64. The predicted molar refractivity (Wildman–Crippen MR) is 89.8 cm³/mol. The average Bonchev–Trinajstić information content (AvgIpc) is 2.65. The summed E-state index contributed by atoms with van der Waals surface area (Å²) in [5.74, 6) is 0. The van der Waals surface area contributed by atoms with E-state index >= 15 is 0 Å². The number of hydrogen-bond acceptors (Lipinski definition) is 3. The van der Waals surface area contributed by atoms with Gasteiger partial charge in [0, 0.05) is 31.3 Å². The number of likely N-dealkylation sites (tertiary alicyclic amines) is 1. The summed E-state index contributed by atoms with van der Waals surface area (Å²) in [5.41, 5.74) is 1.66. The van der Waals surface area contributed by atoms with Crippen LogP contribution in [0.25, 0.3) is 0 Å². The number of nitrogens with zero attached hydrogens (tertiary/aromatic N) is 3. The molecule has 0 radical (unpaired) electrons. The SMILES string of the molecule is COC(C)(C)C.Cc1cc(Br)nn1C1CC2(C1)CN(C=O)C2. The van der Waals surface area contributed by atoms with E-state index in [4.69, 9.17) is 4.74 Å². The molecule has 6 heteroatoms. The Morgan fingerprint density at radius 3 is 2.32 bits per heavy atom. The van der Waals surface area contributed by atoms with Gasteiger partial charge in [-0.2, -0.15) is 5.10 Å². The van der Waals surface area contributed by atoms with Gasteiger partial charge >= 0.3 is 0 Å². The topological polar surface area (TPSA) is 47.4 Å². The van der Waals surface area contributed by atoms with E-state index in [2.05, 4.69) is 32.6 Å². The molecule has 0 unspecified atom stereocenters. The number of halogens is 1. The fourth-order valence-corrected chi connectivity index (χ4v) is 3.58. The quantitative estimate of drug-likeness (QED) is 0.750. The number of carbonyl (C=O) groups is 1. The van der Waals surface area contributed by atoms with Gasteiger partial charge in [-0.1, -0.05) is 0 Å².